The second-order valence-electron chi connectivity index (χ2n) is 4.63. The summed E-state index contributed by atoms with van der Waals surface area (Å²) < 4.78 is 1.41. The third-order valence-corrected chi connectivity index (χ3v) is 3.07. The number of nitro benzene ring substituents is 1. The molecule has 0 unspecified atom stereocenters. The number of nitro groups is 1. The maximum atomic E-state index is 12.3. The topological polar surface area (TPSA) is 114 Å². The molecule has 1 heterocycles. The highest BCUT2D eigenvalue weighted by Crippen LogP contribution is 2.12. The predicted octanol–water partition coefficient (Wildman–Crippen LogP) is 1.32. The molecule has 2 N–H and O–H groups in total. The fourth-order valence-electron chi connectivity index (χ4n) is 1.93. The van der Waals surface area contributed by atoms with E-state index in [4.69, 9.17) is 5.21 Å². The van der Waals surface area contributed by atoms with Crippen molar-refractivity contribution < 1.29 is 14.9 Å². The minimum atomic E-state index is -0.741. The van der Waals surface area contributed by atoms with Crippen LogP contribution in [0, 0.1) is 10.1 Å². The largest absolute Gasteiger partial charge is 0.311 e. The van der Waals surface area contributed by atoms with Crippen molar-refractivity contribution in [3.05, 3.63) is 80.3 Å². The zero-order valence-electron chi connectivity index (χ0n) is 11.9. The van der Waals surface area contributed by atoms with Crippen molar-refractivity contribution in [2.75, 3.05) is 0 Å². The van der Waals surface area contributed by atoms with Crippen LogP contribution in [0.5, 0.6) is 0 Å². The summed E-state index contributed by atoms with van der Waals surface area (Å²) in [7, 11) is 0. The lowest BCUT2D eigenvalue weighted by molar-refractivity contribution is -0.384. The van der Waals surface area contributed by atoms with Gasteiger partial charge < -0.3 is 4.57 Å². The van der Waals surface area contributed by atoms with Crippen LogP contribution in [-0.4, -0.2) is 20.6 Å². The smallest absolute Gasteiger partial charge is 0.269 e. The highest BCUT2D eigenvalue weighted by molar-refractivity contribution is 5.90. The van der Waals surface area contributed by atoms with Crippen molar-refractivity contribution in [3.8, 4) is 0 Å². The summed E-state index contributed by atoms with van der Waals surface area (Å²) >= 11 is 0. The Kier molecular flexibility index (Phi) is 5.00. The van der Waals surface area contributed by atoms with Crippen molar-refractivity contribution in [1.82, 2.24) is 10.0 Å². The first-order chi connectivity index (χ1) is 11.0. The van der Waals surface area contributed by atoms with Gasteiger partial charge in [0.25, 0.3) is 17.2 Å². The second kappa shape index (κ2) is 7.14. The molecule has 0 bridgehead atoms. The quantitative estimate of drug-likeness (QED) is 0.374. The van der Waals surface area contributed by atoms with Crippen LogP contribution in [0.3, 0.4) is 0 Å². The minimum Gasteiger partial charge on any atom is -0.311 e. The van der Waals surface area contributed by atoms with Crippen LogP contribution in [0.1, 0.15) is 11.1 Å². The summed E-state index contributed by atoms with van der Waals surface area (Å²) in [5, 5.41) is 19.0. The molecule has 0 fully saturated rings. The van der Waals surface area contributed by atoms with Gasteiger partial charge in [-0.05, 0) is 23.8 Å². The number of benzene rings is 1. The molecule has 0 radical (unpaired) electrons. The lowest BCUT2D eigenvalue weighted by Crippen LogP contribution is -2.22. The Labute approximate surface area is 130 Å². The number of pyridine rings is 1. The Bertz CT molecular complexity index is 809. The van der Waals surface area contributed by atoms with Crippen LogP contribution in [0.25, 0.3) is 6.08 Å². The molecule has 8 heteroatoms. The molecule has 1 aromatic carbocycles. The molecule has 0 aliphatic rings. The van der Waals surface area contributed by atoms with E-state index in [-0.39, 0.29) is 23.4 Å². The SMILES string of the molecule is O=C(/C=C/c1cccn(Cc2ccc([N+](=O)[O-])cc2)c1=O)NO. The van der Waals surface area contributed by atoms with Crippen LogP contribution in [-0.2, 0) is 11.3 Å². The number of hydrogen-bond donors (Lipinski definition) is 2. The summed E-state index contributed by atoms with van der Waals surface area (Å²) in [6, 6.07) is 9.07. The normalized spacial score (nSPS) is 10.7. The van der Waals surface area contributed by atoms with Gasteiger partial charge in [0.15, 0.2) is 0 Å². The van der Waals surface area contributed by atoms with Crippen LogP contribution in [0.2, 0.25) is 0 Å². The summed E-state index contributed by atoms with van der Waals surface area (Å²) in [6.45, 7) is 0.241. The molecular weight excluding hydrogens is 302 g/mol. The van der Waals surface area contributed by atoms with Crippen molar-refractivity contribution in [3.63, 3.8) is 0 Å². The van der Waals surface area contributed by atoms with E-state index in [1.54, 1.807) is 24.4 Å². The van der Waals surface area contributed by atoms with Crippen LogP contribution in [0.4, 0.5) is 5.69 Å². The predicted molar refractivity (Wildman–Crippen MR) is 81.9 cm³/mol. The fourth-order valence-corrected chi connectivity index (χ4v) is 1.93. The van der Waals surface area contributed by atoms with Crippen molar-refractivity contribution >= 4 is 17.7 Å². The van der Waals surface area contributed by atoms with Crippen LogP contribution in [0.15, 0.2) is 53.5 Å². The molecule has 0 aliphatic heterocycles. The number of carbonyl (C=O) groups is 1. The fraction of sp³-hybridized carbons (Fsp3) is 0.0667. The van der Waals surface area contributed by atoms with Gasteiger partial charge in [-0.3, -0.25) is 24.9 Å². The van der Waals surface area contributed by atoms with Gasteiger partial charge in [-0.15, -0.1) is 0 Å². The number of aromatic nitrogens is 1. The van der Waals surface area contributed by atoms with Gasteiger partial charge >= 0.3 is 0 Å². The van der Waals surface area contributed by atoms with Crippen molar-refractivity contribution in [1.29, 1.82) is 0 Å². The minimum absolute atomic E-state index is 0.0206. The van der Waals surface area contributed by atoms with E-state index in [1.807, 2.05) is 0 Å². The first-order valence-electron chi connectivity index (χ1n) is 6.56. The van der Waals surface area contributed by atoms with Gasteiger partial charge in [-0.1, -0.05) is 12.1 Å². The molecule has 23 heavy (non-hydrogen) atoms. The van der Waals surface area contributed by atoms with E-state index in [0.717, 1.165) is 11.6 Å². The molecule has 8 nitrogen and oxygen atoms in total. The van der Waals surface area contributed by atoms with E-state index in [9.17, 15) is 19.7 Å². The van der Waals surface area contributed by atoms with Crippen molar-refractivity contribution in [2.24, 2.45) is 0 Å². The highest BCUT2D eigenvalue weighted by Gasteiger charge is 2.06. The monoisotopic (exact) mass is 315 g/mol. The Morgan fingerprint density at radius 3 is 2.61 bits per heavy atom. The summed E-state index contributed by atoms with van der Waals surface area (Å²) in [4.78, 5) is 33.3. The number of nitrogens with one attached hydrogen (secondary N) is 1. The number of nitrogens with zero attached hydrogens (tertiary/aromatic N) is 2. The van der Waals surface area contributed by atoms with Gasteiger partial charge in [-0.25, -0.2) is 5.48 Å². The molecule has 0 saturated carbocycles. The molecule has 0 spiro atoms. The molecule has 0 atom stereocenters. The van der Waals surface area contributed by atoms with Gasteiger partial charge in [0, 0.05) is 30.0 Å². The second-order valence-corrected chi connectivity index (χ2v) is 4.63. The first kappa shape index (κ1) is 16.1. The molecule has 1 aromatic heterocycles. The lowest BCUT2D eigenvalue weighted by atomic mass is 10.2. The Morgan fingerprint density at radius 1 is 1.30 bits per heavy atom. The third-order valence-electron chi connectivity index (χ3n) is 3.07. The molecule has 118 valence electrons. The maximum absolute atomic E-state index is 12.3. The zero-order chi connectivity index (χ0) is 16.8. The Morgan fingerprint density at radius 2 is 2.00 bits per heavy atom. The van der Waals surface area contributed by atoms with E-state index in [1.165, 1.54) is 34.3 Å². The van der Waals surface area contributed by atoms with Gasteiger partial charge in [0.2, 0.25) is 0 Å². The molecule has 1 amide bonds. The summed E-state index contributed by atoms with van der Waals surface area (Å²) in [5.41, 5.74) is 2.09. The average Bonchev–Trinajstić information content (AvgIpc) is 2.55. The Balaban J connectivity index is 2.23. The molecular formula is C15H13N3O5. The number of non-ortho nitro benzene ring substituents is 1. The molecule has 2 rings (SSSR count). The van der Waals surface area contributed by atoms with Crippen LogP contribution >= 0.6 is 0 Å². The van der Waals surface area contributed by atoms with Crippen molar-refractivity contribution in [2.45, 2.75) is 6.54 Å². The first-order valence-corrected chi connectivity index (χ1v) is 6.56. The van der Waals surface area contributed by atoms with Gasteiger partial charge in [0.1, 0.15) is 0 Å². The molecule has 2 aromatic rings. The number of carbonyl (C=O) groups excluding carboxylic acids is 1. The maximum Gasteiger partial charge on any atom is 0.269 e. The lowest BCUT2D eigenvalue weighted by Gasteiger charge is -2.06. The van der Waals surface area contributed by atoms with Gasteiger partial charge in [0.05, 0.1) is 11.5 Å². The van der Waals surface area contributed by atoms with E-state index >= 15 is 0 Å². The average molecular weight is 315 g/mol. The summed E-state index contributed by atoms with van der Waals surface area (Å²) in [6.07, 6.45) is 3.90. The standard InChI is InChI=1S/C15H13N3O5/c19-14(16-21)8-5-12-2-1-9-17(15(12)20)10-11-3-6-13(7-4-11)18(22)23/h1-9,21H,10H2,(H,16,19)/b8-5+. The highest BCUT2D eigenvalue weighted by atomic mass is 16.6. The van der Waals surface area contributed by atoms with E-state index in [2.05, 4.69) is 0 Å². The number of rotatable bonds is 5. The van der Waals surface area contributed by atoms with E-state index < -0.39 is 10.8 Å². The zero-order valence-corrected chi connectivity index (χ0v) is 11.9. The number of hydrogen-bond acceptors (Lipinski definition) is 5. The molecule has 0 saturated heterocycles. The van der Waals surface area contributed by atoms with Crippen LogP contribution < -0.4 is 11.0 Å². The molecule has 0 aliphatic carbocycles. The van der Waals surface area contributed by atoms with Gasteiger partial charge in [-0.2, -0.15) is 0 Å². The summed E-state index contributed by atoms with van der Waals surface area (Å²) in [5.74, 6) is -0.741. The third kappa shape index (κ3) is 4.11. The Hall–Kier alpha value is -3.26. The number of hydroxylamine groups is 1. The number of amides is 1. The van der Waals surface area contributed by atoms with E-state index in [0.29, 0.717) is 0 Å².